The van der Waals surface area contributed by atoms with Crippen molar-refractivity contribution in [2.45, 2.75) is 45.7 Å². The monoisotopic (exact) mass is 436 g/mol. The molecule has 3 amide bonds. The molecular formula is C25H32N4O3. The van der Waals surface area contributed by atoms with E-state index in [4.69, 9.17) is 5.73 Å². The Hall–Kier alpha value is -3.19. The first-order chi connectivity index (χ1) is 15.4. The first-order valence-electron chi connectivity index (χ1n) is 11.2. The Bertz CT molecular complexity index is 983. The minimum atomic E-state index is -0.494. The second-order valence-electron chi connectivity index (χ2n) is 8.16. The minimum absolute atomic E-state index is 0.0136. The van der Waals surface area contributed by atoms with Crippen molar-refractivity contribution < 1.29 is 14.4 Å². The molecule has 0 aromatic heterocycles. The quantitative estimate of drug-likeness (QED) is 0.592. The molecular weight excluding hydrogens is 404 g/mol. The largest absolute Gasteiger partial charge is 0.356 e. The Labute approximate surface area is 189 Å². The molecule has 7 nitrogen and oxygen atoms in total. The summed E-state index contributed by atoms with van der Waals surface area (Å²) in [6.07, 6.45) is 2.19. The van der Waals surface area contributed by atoms with E-state index in [0.717, 1.165) is 42.6 Å². The van der Waals surface area contributed by atoms with Crippen molar-refractivity contribution in [3.05, 3.63) is 70.3 Å². The second kappa shape index (κ2) is 10.9. The van der Waals surface area contributed by atoms with Gasteiger partial charge in [-0.15, -0.1) is 0 Å². The molecule has 4 N–H and O–H groups in total. The zero-order chi connectivity index (χ0) is 23.1. The number of nitrogens with zero attached hydrogens (tertiary/aromatic N) is 1. The predicted molar refractivity (Wildman–Crippen MR) is 124 cm³/mol. The molecule has 1 fully saturated rings. The first-order valence-corrected chi connectivity index (χ1v) is 11.2. The van der Waals surface area contributed by atoms with Crippen LogP contribution in [0.4, 0.5) is 0 Å². The van der Waals surface area contributed by atoms with Gasteiger partial charge < -0.3 is 21.3 Å². The Kier molecular flexibility index (Phi) is 8.00. The van der Waals surface area contributed by atoms with Crippen molar-refractivity contribution in [3.63, 3.8) is 0 Å². The van der Waals surface area contributed by atoms with Crippen LogP contribution < -0.4 is 16.4 Å². The third-order valence-corrected chi connectivity index (χ3v) is 5.77. The van der Waals surface area contributed by atoms with Crippen LogP contribution in [0.1, 0.15) is 69.6 Å². The van der Waals surface area contributed by atoms with Gasteiger partial charge in [-0.1, -0.05) is 24.3 Å². The van der Waals surface area contributed by atoms with Gasteiger partial charge in [-0.3, -0.25) is 14.4 Å². The number of hydrogen-bond donors (Lipinski definition) is 3. The standard InChI is InChI=1S/C25H32N4O3/c1-3-27-23(30)15-22(19-8-6-7-18(14-19)16-26)28-24(31)20-9-10-21(17(2)13-20)25(32)29-11-4-5-12-29/h6-10,13-14,22H,3-5,11-12,15-16,26H2,1-2H3,(H,27,30)(H,28,31). The average Bonchev–Trinajstić information content (AvgIpc) is 3.33. The molecule has 0 saturated carbocycles. The molecule has 1 atom stereocenters. The van der Waals surface area contributed by atoms with Gasteiger partial charge in [0, 0.05) is 37.3 Å². The Balaban J connectivity index is 1.79. The number of nitrogens with two attached hydrogens (primary N) is 1. The summed E-state index contributed by atoms with van der Waals surface area (Å²) in [5, 5.41) is 5.77. The van der Waals surface area contributed by atoms with Crippen molar-refractivity contribution in [3.8, 4) is 0 Å². The Morgan fingerprint density at radius 2 is 1.84 bits per heavy atom. The van der Waals surface area contributed by atoms with Crippen molar-refractivity contribution in [1.29, 1.82) is 0 Å². The molecule has 170 valence electrons. The van der Waals surface area contributed by atoms with Gasteiger partial charge in [-0.05, 0) is 61.6 Å². The summed E-state index contributed by atoms with van der Waals surface area (Å²) in [4.78, 5) is 39.9. The van der Waals surface area contributed by atoms with E-state index in [0.29, 0.717) is 24.2 Å². The van der Waals surface area contributed by atoms with Gasteiger partial charge in [0.25, 0.3) is 11.8 Å². The summed E-state index contributed by atoms with van der Waals surface area (Å²) in [5.41, 5.74) is 9.36. The summed E-state index contributed by atoms with van der Waals surface area (Å²) in [6, 6.07) is 12.2. The highest BCUT2D eigenvalue weighted by atomic mass is 16.2. The number of nitrogens with one attached hydrogen (secondary N) is 2. The SMILES string of the molecule is CCNC(=O)CC(NC(=O)c1ccc(C(=O)N2CCCC2)c(C)c1)c1cccc(CN)c1. The lowest BCUT2D eigenvalue weighted by Crippen LogP contribution is -2.34. The number of likely N-dealkylation sites (tertiary alicyclic amines) is 1. The first kappa shape index (κ1) is 23.5. The van der Waals surface area contributed by atoms with E-state index in [1.165, 1.54) is 0 Å². The van der Waals surface area contributed by atoms with Gasteiger partial charge in [0.1, 0.15) is 0 Å². The molecule has 0 spiro atoms. The summed E-state index contributed by atoms with van der Waals surface area (Å²) in [5.74, 6) is -0.418. The fraction of sp³-hybridized carbons (Fsp3) is 0.400. The van der Waals surface area contributed by atoms with E-state index < -0.39 is 6.04 Å². The molecule has 0 aliphatic carbocycles. The zero-order valence-electron chi connectivity index (χ0n) is 18.8. The lowest BCUT2D eigenvalue weighted by Gasteiger charge is -2.20. The number of hydrogen-bond acceptors (Lipinski definition) is 4. The van der Waals surface area contributed by atoms with Gasteiger partial charge in [-0.25, -0.2) is 0 Å². The van der Waals surface area contributed by atoms with E-state index in [1.807, 2.05) is 43.0 Å². The lowest BCUT2D eigenvalue weighted by atomic mass is 9.99. The molecule has 1 unspecified atom stereocenters. The molecule has 3 rings (SSSR count). The van der Waals surface area contributed by atoms with Crippen molar-refractivity contribution >= 4 is 17.7 Å². The molecule has 7 heteroatoms. The van der Waals surface area contributed by atoms with Crippen LogP contribution >= 0.6 is 0 Å². The summed E-state index contributed by atoms with van der Waals surface area (Å²) < 4.78 is 0. The summed E-state index contributed by atoms with van der Waals surface area (Å²) in [6.45, 7) is 6.16. The maximum Gasteiger partial charge on any atom is 0.254 e. The number of carbonyl (C=O) groups is 3. The lowest BCUT2D eigenvalue weighted by molar-refractivity contribution is -0.121. The molecule has 0 bridgehead atoms. The molecule has 1 saturated heterocycles. The normalized spacial score (nSPS) is 14.2. The summed E-state index contributed by atoms with van der Waals surface area (Å²) in [7, 11) is 0. The van der Waals surface area contributed by atoms with Crippen molar-refractivity contribution in [2.24, 2.45) is 5.73 Å². The van der Waals surface area contributed by atoms with E-state index in [2.05, 4.69) is 10.6 Å². The molecule has 1 heterocycles. The second-order valence-corrected chi connectivity index (χ2v) is 8.16. The van der Waals surface area contributed by atoms with Crippen LogP contribution in [0, 0.1) is 6.92 Å². The maximum atomic E-state index is 13.0. The van der Waals surface area contributed by atoms with Gasteiger partial charge in [0.15, 0.2) is 0 Å². The van der Waals surface area contributed by atoms with Crippen LogP contribution in [-0.2, 0) is 11.3 Å². The number of carbonyl (C=O) groups excluding carboxylic acids is 3. The fourth-order valence-corrected chi connectivity index (χ4v) is 4.02. The van der Waals surface area contributed by atoms with E-state index in [1.54, 1.807) is 18.2 Å². The van der Waals surface area contributed by atoms with Crippen molar-refractivity contribution in [1.82, 2.24) is 15.5 Å². The van der Waals surface area contributed by atoms with Crippen LogP contribution in [0.2, 0.25) is 0 Å². The van der Waals surface area contributed by atoms with Crippen LogP contribution in [0.5, 0.6) is 0 Å². The summed E-state index contributed by atoms with van der Waals surface area (Å²) >= 11 is 0. The van der Waals surface area contributed by atoms with Crippen LogP contribution in [0.15, 0.2) is 42.5 Å². The number of amides is 3. The molecule has 2 aromatic rings. The van der Waals surface area contributed by atoms with Crippen LogP contribution in [-0.4, -0.2) is 42.3 Å². The van der Waals surface area contributed by atoms with Gasteiger partial charge in [-0.2, -0.15) is 0 Å². The Morgan fingerprint density at radius 3 is 2.50 bits per heavy atom. The predicted octanol–water partition coefficient (Wildman–Crippen LogP) is 2.69. The van der Waals surface area contributed by atoms with Gasteiger partial charge in [0.2, 0.25) is 5.91 Å². The Morgan fingerprint density at radius 1 is 1.09 bits per heavy atom. The molecule has 1 aliphatic rings. The number of rotatable bonds is 8. The zero-order valence-corrected chi connectivity index (χ0v) is 18.8. The third-order valence-electron chi connectivity index (χ3n) is 5.77. The molecule has 32 heavy (non-hydrogen) atoms. The van der Waals surface area contributed by atoms with Crippen LogP contribution in [0.3, 0.4) is 0 Å². The van der Waals surface area contributed by atoms with E-state index in [-0.39, 0.29) is 24.1 Å². The fourth-order valence-electron chi connectivity index (χ4n) is 4.02. The molecule has 1 aliphatic heterocycles. The van der Waals surface area contributed by atoms with Crippen molar-refractivity contribution in [2.75, 3.05) is 19.6 Å². The smallest absolute Gasteiger partial charge is 0.254 e. The highest BCUT2D eigenvalue weighted by Crippen LogP contribution is 2.21. The molecule has 0 radical (unpaired) electrons. The number of benzene rings is 2. The highest BCUT2D eigenvalue weighted by molar-refractivity contribution is 5.99. The van der Waals surface area contributed by atoms with Crippen LogP contribution in [0.25, 0.3) is 0 Å². The highest BCUT2D eigenvalue weighted by Gasteiger charge is 2.23. The number of aryl methyl sites for hydroxylation is 1. The van der Waals surface area contributed by atoms with Gasteiger partial charge in [0.05, 0.1) is 12.5 Å². The van der Waals surface area contributed by atoms with Gasteiger partial charge >= 0.3 is 0 Å². The topological polar surface area (TPSA) is 105 Å². The van der Waals surface area contributed by atoms with E-state index >= 15 is 0 Å². The minimum Gasteiger partial charge on any atom is -0.356 e. The van der Waals surface area contributed by atoms with E-state index in [9.17, 15) is 14.4 Å². The average molecular weight is 437 g/mol. The molecule has 2 aromatic carbocycles. The maximum absolute atomic E-state index is 13.0. The third kappa shape index (κ3) is 5.73.